The van der Waals surface area contributed by atoms with Crippen molar-refractivity contribution in [1.82, 2.24) is 5.32 Å². The van der Waals surface area contributed by atoms with Gasteiger partial charge < -0.3 is 9.80 Å². The highest BCUT2D eigenvalue weighted by Gasteiger charge is 2.12. The van der Waals surface area contributed by atoms with Gasteiger partial charge in [0.1, 0.15) is 0 Å². The van der Waals surface area contributed by atoms with Crippen LogP contribution in [-0.4, -0.2) is 44.8 Å². The lowest BCUT2D eigenvalue weighted by Gasteiger charge is -2.28. The Morgan fingerprint density at radius 2 is 1.33 bits per heavy atom. The maximum atomic E-state index is 3.63. The monoisotopic (exact) mass is 257 g/mol. The van der Waals surface area contributed by atoms with Crippen molar-refractivity contribution in [3.8, 4) is 0 Å². The first-order valence-corrected chi connectivity index (χ1v) is 7.99. The number of hydrogen-bond acceptors (Lipinski definition) is 1. The van der Waals surface area contributed by atoms with Gasteiger partial charge in [0.2, 0.25) is 0 Å². The van der Waals surface area contributed by atoms with Crippen LogP contribution >= 0.6 is 0 Å². The smallest absolute Gasteiger partial charge is 0.0933 e. The molecule has 18 heavy (non-hydrogen) atoms. The Balaban J connectivity index is 3.20. The molecule has 0 aliphatic rings. The Labute approximate surface area is 116 Å². The quantitative estimate of drug-likeness (QED) is 0.414. The molecule has 0 heterocycles. The Bertz CT molecular complexity index is 172. The summed E-state index contributed by atoms with van der Waals surface area (Å²) in [5, 5.41) is 3.63. The third-order valence-electron chi connectivity index (χ3n) is 3.34. The summed E-state index contributed by atoms with van der Waals surface area (Å²) >= 11 is 0. The van der Waals surface area contributed by atoms with Gasteiger partial charge in [-0.05, 0) is 19.9 Å². The van der Waals surface area contributed by atoms with Gasteiger partial charge in [-0.2, -0.15) is 0 Å². The summed E-state index contributed by atoms with van der Waals surface area (Å²) in [5.74, 6) is 0. The van der Waals surface area contributed by atoms with E-state index in [0.29, 0.717) is 6.04 Å². The van der Waals surface area contributed by atoms with Crippen molar-refractivity contribution >= 4 is 0 Å². The van der Waals surface area contributed by atoms with Gasteiger partial charge in [0.25, 0.3) is 0 Å². The molecule has 0 rings (SSSR count). The van der Waals surface area contributed by atoms with Crippen molar-refractivity contribution in [2.75, 3.05) is 34.2 Å². The van der Waals surface area contributed by atoms with E-state index in [9.17, 15) is 0 Å². The molecule has 2 heteroatoms. The number of quaternary nitrogens is 1. The average molecular weight is 257 g/mol. The van der Waals surface area contributed by atoms with Crippen LogP contribution in [0.4, 0.5) is 0 Å². The van der Waals surface area contributed by atoms with Gasteiger partial charge in [-0.3, -0.25) is 0 Å². The maximum Gasteiger partial charge on any atom is 0.0933 e. The van der Waals surface area contributed by atoms with Gasteiger partial charge in [-0.15, -0.1) is 0 Å². The van der Waals surface area contributed by atoms with Crippen molar-refractivity contribution < 1.29 is 4.48 Å². The Morgan fingerprint density at radius 1 is 0.833 bits per heavy atom. The van der Waals surface area contributed by atoms with Gasteiger partial charge >= 0.3 is 0 Å². The number of hydrogen-bond donors (Lipinski definition) is 1. The van der Waals surface area contributed by atoms with E-state index in [0.717, 1.165) is 4.48 Å². The molecule has 0 aliphatic carbocycles. The standard InChI is InChI=1S/C16H37N2/c1-6-7-8-9-10-11-12-13-14-17-16(2)15-18(3,4)5/h16-17H,6-15H2,1-5H3/q+1. The van der Waals surface area contributed by atoms with Crippen molar-refractivity contribution in [3.05, 3.63) is 0 Å². The molecule has 1 N–H and O–H groups in total. The summed E-state index contributed by atoms with van der Waals surface area (Å²) in [7, 11) is 6.78. The minimum absolute atomic E-state index is 0.634. The lowest BCUT2D eigenvalue weighted by Crippen LogP contribution is -2.45. The van der Waals surface area contributed by atoms with Gasteiger partial charge in [0.15, 0.2) is 0 Å². The minimum atomic E-state index is 0.634. The molecule has 0 bridgehead atoms. The lowest BCUT2D eigenvalue weighted by atomic mass is 10.1. The minimum Gasteiger partial charge on any atom is -0.330 e. The molecule has 0 spiro atoms. The van der Waals surface area contributed by atoms with Crippen molar-refractivity contribution in [1.29, 1.82) is 0 Å². The SMILES string of the molecule is CCCCCCCCCCNC(C)C[N+](C)(C)C. The third-order valence-corrected chi connectivity index (χ3v) is 3.34. The van der Waals surface area contributed by atoms with Crippen LogP contribution in [0.5, 0.6) is 0 Å². The van der Waals surface area contributed by atoms with Gasteiger partial charge in [0.05, 0.1) is 33.7 Å². The molecule has 0 saturated heterocycles. The van der Waals surface area contributed by atoms with E-state index in [1.165, 1.54) is 64.5 Å². The average Bonchev–Trinajstić information content (AvgIpc) is 2.24. The molecule has 1 atom stereocenters. The Kier molecular flexibility index (Phi) is 10.8. The van der Waals surface area contributed by atoms with Crippen LogP contribution < -0.4 is 5.32 Å². The summed E-state index contributed by atoms with van der Waals surface area (Å²) in [5.41, 5.74) is 0. The number of nitrogens with one attached hydrogen (secondary N) is 1. The highest BCUT2D eigenvalue weighted by atomic mass is 15.3. The largest absolute Gasteiger partial charge is 0.330 e. The van der Waals surface area contributed by atoms with E-state index in [4.69, 9.17) is 0 Å². The normalized spacial score (nSPS) is 13.8. The van der Waals surface area contributed by atoms with E-state index in [1.807, 2.05) is 0 Å². The zero-order chi connectivity index (χ0) is 13.9. The molecular weight excluding hydrogens is 220 g/mol. The molecule has 0 saturated carbocycles. The van der Waals surface area contributed by atoms with Crippen LogP contribution in [-0.2, 0) is 0 Å². The fourth-order valence-electron chi connectivity index (χ4n) is 2.49. The van der Waals surface area contributed by atoms with Crippen molar-refractivity contribution in [2.24, 2.45) is 0 Å². The molecule has 0 aromatic heterocycles. The molecule has 0 radical (unpaired) electrons. The van der Waals surface area contributed by atoms with Gasteiger partial charge in [-0.1, -0.05) is 51.9 Å². The fourth-order valence-corrected chi connectivity index (χ4v) is 2.49. The predicted molar refractivity (Wildman–Crippen MR) is 83.0 cm³/mol. The van der Waals surface area contributed by atoms with Crippen LogP contribution in [0.25, 0.3) is 0 Å². The highest BCUT2D eigenvalue weighted by molar-refractivity contribution is 4.59. The molecule has 1 unspecified atom stereocenters. The molecular formula is C16H37N2+. The van der Waals surface area contributed by atoms with Crippen LogP contribution in [0.3, 0.4) is 0 Å². The summed E-state index contributed by atoms with van der Waals surface area (Å²) in [6, 6.07) is 0.634. The molecule has 0 aromatic rings. The maximum absolute atomic E-state index is 3.63. The fraction of sp³-hybridized carbons (Fsp3) is 1.00. The van der Waals surface area contributed by atoms with Crippen LogP contribution in [0.15, 0.2) is 0 Å². The first kappa shape index (κ1) is 17.9. The molecule has 0 aliphatic heterocycles. The summed E-state index contributed by atoms with van der Waals surface area (Å²) in [6.45, 7) is 6.98. The summed E-state index contributed by atoms with van der Waals surface area (Å²) < 4.78 is 1.05. The van der Waals surface area contributed by atoms with Crippen molar-refractivity contribution in [2.45, 2.75) is 71.3 Å². The number of nitrogens with zero attached hydrogens (tertiary/aromatic N) is 1. The molecule has 0 aromatic carbocycles. The van der Waals surface area contributed by atoms with E-state index >= 15 is 0 Å². The number of rotatable bonds is 12. The first-order valence-electron chi connectivity index (χ1n) is 7.99. The second-order valence-corrected chi connectivity index (χ2v) is 6.80. The zero-order valence-electron chi connectivity index (χ0n) is 13.6. The van der Waals surface area contributed by atoms with Crippen LogP contribution in [0.2, 0.25) is 0 Å². The van der Waals surface area contributed by atoms with Crippen LogP contribution in [0.1, 0.15) is 65.2 Å². The first-order chi connectivity index (χ1) is 8.45. The van der Waals surface area contributed by atoms with Crippen LogP contribution in [0, 0.1) is 0 Å². The van der Waals surface area contributed by atoms with Gasteiger partial charge in [0, 0.05) is 0 Å². The zero-order valence-corrected chi connectivity index (χ0v) is 13.6. The second-order valence-electron chi connectivity index (χ2n) is 6.80. The summed E-state index contributed by atoms with van der Waals surface area (Å²) in [4.78, 5) is 0. The molecule has 0 amide bonds. The van der Waals surface area contributed by atoms with Gasteiger partial charge in [-0.25, -0.2) is 0 Å². The molecule has 2 nitrogen and oxygen atoms in total. The molecule has 0 fully saturated rings. The van der Waals surface area contributed by atoms with E-state index < -0.39 is 0 Å². The topological polar surface area (TPSA) is 12.0 Å². The van der Waals surface area contributed by atoms with E-state index in [-0.39, 0.29) is 0 Å². The van der Waals surface area contributed by atoms with Crippen molar-refractivity contribution in [3.63, 3.8) is 0 Å². The Hall–Kier alpha value is -0.0800. The van der Waals surface area contributed by atoms with E-state index in [1.54, 1.807) is 0 Å². The second kappa shape index (κ2) is 10.8. The van der Waals surface area contributed by atoms with E-state index in [2.05, 4.69) is 40.3 Å². The third kappa shape index (κ3) is 14.0. The Morgan fingerprint density at radius 3 is 1.83 bits per heavy atom. The highest BCUT2D eigenvalue weighted by Crippen LogP contribution is 2.08. The summed E-state index contributed by atoms with van der Waals surface area (Å²) in [6.07, 6.45) is 11.3. The lowest BCUT2D eigenvalue weighted by molar-refractivity contribution is -0.871. The number of unbranched alkanes of at least 4 members (excludes halogenated alkanes) is 7. The number of likely N-dealkylation sites (N-methyl/N-ethyl adjacent to an activating group) is 1. The molecule has 110 valence electrons. The predicted octanol–water partition coefficient (Wildman–Crippen LogP) is 3.81.